The van der Waals surface area contributed by atoms with Crippen LogP contribution in [0.1, 0.15) is 29.8 Å². The van der Waals surface area contributed by atoms with Crippen molar-refractivity contribution in [1.29, 1.82) is 0 Å². The highest BCUT2D eigenvalue weighted by Crippen LogP contribution is 1.99. The van der Waals surface area contributed by atoms with Gasteiger partial charge in [0.15, 0.2) is 11.9 Å². The van der Waals surface area contributed by atoms with Crippen molar-refractivity contribution in [3.05, 3.63) is 24.2 Å². The van der Waals surface area contributed by atoms with Crippen LogP contribution >= 0.6 is 0 Å². The molecule has 1 aromatic rings. The average Bonchev–Trinajstić information content (AvgIpc) is 2.97. The van der Waals surface area contributed by atoms with Gasteiger partial charge in [-0.3, -0.25) is 9.59 Å². The molecule has 0 aliphatic heterocycles. The molecule has 2 amide bonds. The summed E-state index contributed by atoms with van der Waals surface area (Å²) in [6.07, 6.45) is 0.517. The lowest BCUT2D eigenvalue weighted by Crippen LogP contribution is -2.31. The van der Waals surface area contributed by atoms with E-state index in [1.165, 1.54) is 12.3 Å². The summed E-state index contributed by atoms with van der Waals surface area (Å²) in [5, 5.41) is 22.5. The Balaban J connectivity index is 2.06. The van der Waals surface area contributed by atoms with Crippen LogP contribution < -0.4 is 10.6 Å². The van der Waals surface area contributed by atoms with E-state index in [1.807, 2.05) is 0 Å². The summed E-state index contributed by atoms with van der Waals surface area (Å²) >= 11 is 0. The van der Waals surface area contributed by atoms with Crippen molar-refractivity contribution >= 4 is 17.8 Å². The monoisotopic (exact) mass is 298 g/mol. The quantitative estimate of drug-likeness (QED) is 0.465. The Morgan fingerprint density at radius 1 is 1.24 bits per heavy atom. The number of nitrogens with one attached hydrogen (secondary N) is 2. The molecule has 8 heteroatoms. The molecule has 116 valence electrons. The maximum atomic E-state index is 11.5. The third-order valence-corrected chi connectivity index (χ3v) is 2.64. The van der Waals surface area contributed by atoms with Crippen molar-refractivity contribution in [3.63, 3.8) is 0 Å². The van der Waals surface area contributed by atoms with Gasteiger partial charge in [-0.15, -0.1) is 0 Å². The van der Waals surface area contributed by atoms with Gasteiger partial charge in [-0.05, 0) is 18.6 Å². The number of aliphatic hydroxyl groups excluding tert-OH is 1. The van der Waals surface area contributed by atoms with Gasteiger partial charge in [0, 0.05) is 25.9 Å². The van der Waals surface area contributed by atoms with E-state index < -0.39 is 12.1 Å². The predicted octanol–water partition coefficient (Wildman–Crippen LogP) is -0.259. The molecule has 1 unspecified atom stereocenters. The Morgan fingerprint density at radius 3 is 2.62 bits per heavy atom. The van der Waals surface area contributed by atoms with Crippen LogP contribution in [0.15, 0.2) is 22.8 Å². The van der Waals surface area contributed by atoms with Crippen LogP contribution in [0.2, 0.25) is 0 Å². The summed E-state index contributed by atoms with van der Waals surface area (Å²) in [6.45, 7) is 0.412. The van der Waals surface area contributed by atoms with Gasteiger partial charge in [-0.1, -0.05) is 0 Å². The first-order valence-corrected chi connectivity index (χ1v) is 6.50. The molecule has 8 nitrogen and oxygen atoms in total. The lowest BCUT2D eigenvalue weighted by atomic mass is 10.2. The number of amides is 2. The fourth-order valence-corrected chi connectivity index (χ4v) is 1.51. The maximum Gasteiger partial charge on any atom is 0.332 e. The van der Waals surface area contributed by atoms with Crippen LogP contribution in [0.25, 0.3) is 0 Å². The number of aliphatic carboxylic acids is 1. The second-order valence-electron chi connectivity index (χ2n) is 4.33. The van der Waals surface area contributed by atoms with Gasteiger partial charge >= 0.3 is 5.97 Å². The summed E-state index contributed by atoms with van der Waals surface area (Å²) in [4.78, 5) is 33.2. The van der Waals surface area contributed by atoms with E-state index in [9.17, 15) is 14.4 Å². The number of carboxylic acid groups (broad SMARTS) is 1. The first-order valence-electron chi connectivity index (χ1n) is 6.50. The Bertz CT molecular complexity index is 471. The van der Waals surface area contributed by atoms with Crippen molar-refractivity contribution in [1.82, 2.24) is 10.6 Å². The summed E-state index contributed by atoms with van der Waals surface area (Å²) in [5.74, 6) is -1.71. The minimum absolute atomic E-state index is 0.0453. The molecule has 0 saturated heterocycles. The molecule has 1 atom stereocenters. The van der Waals surface area contributed by atoms with Crippen molar-refractivity contribution < 1.29 is 29.0 Å². The molecule has 0 bridgehead atoms. The third-order valence-electron chi connectivity index (χ3n) is 2.64. The van der Waals surface area contributed by atoms with E-state index in [4.69, 9.17) is 14.6 Å². The van der Waals surface area contributed by atoms with Crippen LogP contribution in [-0.2, 0) is 9.59 Å². The third kappa shape index (κ3) is 6.57. The number of aliphatic hydroxyl groups is 1. The van der Waals surface area contributed by atoms with Crippen molar-refractivity contribution in [2.75, 3.05) is 13.1 Å². The number of rotatable bonds is 9. The summed E-state index contributed by atoms with van der Waals surface area (Å²) in [6, 6.07) is 3.14. The molecule has 0 fully saturated rings. The second-order valence-corrected chi connectivity index (χ2v) is 4.33. The minimum Gasteiger partial charge on any atom is -0.479 e. The van der Waals surface area contributed by atoms with Crippen LogP contribution in [0.3, 0.4) is 0 Å². The Hall–Kier alpha value is -2.35. The fraction of sp³-hybridized carbons (Fsp3) is 0.462. The molecule has 0 aliphatic carbocycles. The molecule has 0 aromatic carbocycles. The molecule has 21 heavy (non-hydrogen) atoms. The number of hydrogen-bond acceptors (Lipinski definition) is 5. The van der Waals surface area contributed by atoms with E-state index in [0.717, 1.165) is 0 Å². The molecule has 0 spiro atoms. The van der Waals surface area contributed by atoms with E-state index >= 15 is 0 Å². The number of carbonyl (C=O) groups excluding carboxylic acids is 2. The summed E-state index contributed by atoms with van der Waals surface area (Å²) in [7, 11) is 0. The van der Waals surface area contributed by atoms with E-state index in [2.05, 4.69) is 10.6 Å². The number of carboxylic acids is 1. The van der Waals surface area contributed by atoms with Gasteiger partial charge in [0.05, 0.1) is 6.26 Å². The highest BCUT2D eigenvalue weighted by Gasteiger charge is 2.13. The number of hydrogen-bond donors (Lipinski definition) is 4. The maximum absolute atomic E-state index is 11.5. The van der Waals surface area contributed by atoms with Crippen molar-refractivity contribution in [2.24, 2.45) is 0 Å². The second kappa shape index (κ2) is 8.75. The Morgan fingerprint density at radius 2 is 2.00 bits per heavy atom. The molecule has 1 rings (SSSR count). The van der Waals surface area contributed by atoms with Crippen LogP contribution in [-0.4, -0.2) is 47.2 Å². The lowest BCUT2D eigenvalue weighted by Gasteiger charge is -2.07. The smallest absolute Gasteiger partial charge is 0.332 e. The molecule has 1 heterocycles. The lowest BCUT2D eigenvalue weighted by molar-refractivity contribution is -0.147. The zero-order chi connectivity index (χ0) is 15.7. The topological polar surface area (TPSA) is 129 Å². The van der Waals surface area contributed by atoms with Gasteiger partial charge in [-0.2, -0.15) is 0 Å². The first-order chi connectivity index (χ1) is 10.0. The standard InChI is InChI=1S/C13H18N2O6/c16-9(13(19)20)5-7-14-11(17)4-1-6-15-12(18)10-3-2-8-21-10/h2-3,8-9,16H,1,4-7H2,(H,14,17)(H,15,18)(H,19,20). The Kier molecular flexibility index (Phi) is 6.96. The van der Waals surface area contributed by atoms with Crippen LogP contribution in [0.5, 0.6) is 0 Å². The summed E-state index contributed by atoms with van der Waals surface area (Å²) < 4.78 is 4.91. The highest BCUT2D eigenvalue weighted by molar-refractivity contribution is 5.91. The van der Waals surface area contributed by atoms with E-state index in [0.29, 0.717) is 13.0 Å². The molecular formula is C13H18N2O6. The van der Waals surface area contributed by atoms with Gasteiger partial charge in [-0.25, -0.2) is 4.79 Å². The molecule has 1 aromatic heterocycles. The zero-order valence-electron chi connectivity index (χ0n) is 11.4. The predicted molar refractivity (Wildman–Crippen MR) is 71.5 cm³/mol. The zero-order valence-corrected chi connectivity index (χ0v) is 11.4. The van der Waals surface area contributed by atoms with Gasteiger partial charge < -0.3 is 25.3 Å². The first kappa shape index (κ1) is 16.7. The van der Waals surface area contributed by atoms with E-state index in [-0.39, 0.29) is 37.0 Å². The molecular weight excluding hydrogens is 280 g/mol. The van der Waals surface area contributed by atoms with Crippen molar-refractivity contribution in [2.45, 2.75) is 25.4 Å². The van der Waals surface area contributed by atoms with Crippen molar-refractivity contribution in [3.8, 4) is 0 Å². The van der Waals surface area contributed by atoms with Gasteiger partial charge in [0.2, 0.25) is 5.91 Å². The molecule has 0 radical (unpaired) electrons. The molecule has 0 saturated carbocycles. The SMILES string of the molecule is O=C(CCCNC(=O)c1ccco1)NCCC(O)C(=O)O. The van der Waals surface area contributed by atoms with Gasteiger partial charge in [0.25, 0.3) is 5.91 Å². The number of carbonyl (C=O) groups is 3. The Labute approximate surface area is 121 Å². The van der Waals surface area contributed by atoms with Crippen LogP contribution in [0.4, 0.5) is 0 Å². The van der Waals surface area contributed by atoms with Gasteiger partial charge in [0.1, 0.15) is 0 Å². The van der Waals surface area contributed by atoms with Crippen LogP contribution in [0, 0.1) is 0 Å². The minimum atomic E-state index is -1.47. The molecule has 0 aliphatic rings. The average molecular weight is 298 g/mol. The summed E-state index contributed by atoms with van der Waals surface area (Å²) in [5.41, 5.74) is 0. The van der Waals surface area contributed by atoms with E-state index in [1.54, 1.807) is 6.07 Å². The fourth-order valence-electron chi connectivity index (χ4n) is 1.51. The largest absolute Gasteiger partial charge is 0.479 e. The number of furan rings is 1. The molecule has 4 N–H and O–H groups in total. The normalized spacial score (nSPS) is 11.7. The highest BCUT2D eigenvalue weighted by atomic mass is 16.4.